The van der Waals surface area contributed by atoms with Crippen molar-refractivity contribution in [3.05, 3.63) is 53.1 Å². The molecule has 0 aliphatic rings. The second-order valence-electron chi connectivity index (χ2n) is 7.91. The van der Waals surface area contributed by atoms with Crippen molar-refractivity contribution in [1.82, 2.24) is 9.62 Å². The van der Waals surface area contributed by atoms with Crippen molar-refractivity contribution in [2.45, 2.75) is 36.1 Å². The third-order valence-electron chi connectivity index (χ3n) is 4.02. The minimum Gasteiger partial charge on any atom is -0.332 e. The van der Waals surface area contributed by atoms with Crippen LogP contribution in [0.4, 0.5) is 5.69 Å². The van der Waals surface area contributed by atoms with E-state index in [2.05, 4.69) is 10.0 Å². The fraction of sp³-hybridized carbons (Fsp3) is 0.333. The van der Waals surface area contributed by atoms with Crippen molar-refractivity contribution in [1.29, 1.82) is 0 Å². The summed E-state index contributed by atoms with van der Waals surface area (Å²) in [5.74, 6) is -0.870. The van der Waals surface area contributed by atoms with Gasteiger partial charge >= 0.3 is 0 Å². The molecule has 168 valence electrons. The highest BCUT2D eigenvalue weighted by Gasteiger charge is 2.26. The zero-order chi connectivity index (χ0) is 23.4. The number of para-hydroxylation sites is 1. The van der Waals surface area contributed by atoms with Gasteiger partial charge in [-0.25, -0.2) is 13.1 Å². The van der Waals surface area contributed by atoms with Crippen LogP contribution < -0.4 is 10.0 Å². The Hall–Kier alpha value is -2.07. The minimum atomic E-state index is -3.94. The molecule has 0 saturated heterocycles. The van der Waals surface area contributed by atoms with Gasteiger partial charge in [-0.2, -0.15) is 0 Å². The van der Waals surface area contributed by atoms with Gasteiger partial charge in [-0.3, -0.25) is 9.59 Å². The lowest BCUT2D eigenvalue weighted by Gasteiger charge is -2.21. The number of halogens is 1. The third-order valence-corrected chi connectivity index (χ3v) is 7.05. The maximum absolute atomic E-state index is 12.8. The summed E-state index contributed by atoms with van der Waals surface area (Å²) < 4.78 is 27.9. The Morgan fingerprint density at radius 1 is 1.13 bits per heavy atom. The summed E-state index contributed by atoms with van der Waals surface area (Å²) in [5, 5.41) is 2.79. The molecule has 0 fully saturated rings. The molecule has 0 atom stereocenters. The van der Waals surface area contributed by atoms with Gasteiger partial charge in [0, 0.05) is 23.0 Å². The number of rotatable bonds is 7. The summed E-state index contributed by atoms with van der Waals surface area (Å²) in [7, 11) is -2.47. The summed E-state index contributed by atoms with van der Waals surface area (Å²) in [6, 6.07) is 11.4. The van der Waals surface area contributed by atoms with Gasteiger partial charge in [0.1, 0.15) is 4.90 Å². The van der Waals surface area contributed by atoms with Gasteiger partial charge in [0.15, 0.2) is 0 Å². The molecule has 2 N–H and O–H groups in total. The molecule has 2 amide bonds. The average Bonchev–Trinajstić information content (AvgIpc) is 2.66. The summed E-state index contributed by atoms with van der Waals surface area (Å²) in [6.45, 7) is 4.91. The number of benzene rings is 2. The number of amides is 2. The molecule has 0 aliphatic carbocycles. The third kappa shape index (κ3) is 6.96. The predicted octanol–water partition coefficient (Wildman–Crippen LogP) is 3.85. The number of nitrogens with one attached hydrogen (secondary N) is 2. The maximum Gasteiger partial charge on any atom is 0.254 e. The largest absolute Gasteiger partial charge is 0.332 e. The molecule has 2 aromatic rings. The smallest absolute Gasteiger partial charge is 0.254 e. The SMILES string of the molecule is CSc1ccccc1NC(=O)CN(C)C(=O)c1ccc(Cl)c(S(=O)(=O)NC(C)(C)C)c1. The average molecular weight is 484 g/mol. The van der Waals surface area contributed by atoms with Crippen molar-refractivity contribution in [2.75, 3.05) is 25.2 Å². The minimum absolute atomic E-state index is 0.00219. The van der Waals surface area contributed by atoms with Crippen LogP contribution in [0.2, 0.25) is 5.02 Å². The maximum atomic E-state index is 12.8. The molecule has 0 spiro atoms. The van der Waals surface area contributed by atoms with Crippen LogP contribution >= 0.6 is 23.4 Å². The van der Waals surface area contributed by atoms with E-state index in [1.807, 2.05) is 24.5 Å². The number of carbonyl (C=O) groups is 2. The van der Waals surface area contributed by atoms with Crippen LogP contribution in [0.5, 0.6) is 0 Å². The zero-order valence-electron chi connectivity index (χ0n) is 18.0. The van der Waals surface area contributed by atoms with Crippen LogP contribution in [0.1, 0.15) is 31.1 Å². The number of hydrogen-bond acceptors (Lipinski definition) is 5. The molecule has 0 bridgehead atoms. The first-order chi connectivity index (χ1) is 14.3. The van der Waals surface area contributed by atoms with E-state index < -0.39 is 21.5 Å². The highest BCUT2D eigenvalue weighted by Crippen LogP contribution is 2.26. The Morgan fingerprint density at radius 2 is 1.77 bits per heavy atom. The first-order valence-electron chi connectivity index (χ1n) is 9.36. The molecule has 0 aliphatic heterocycles. The summed E-state index contributed by atoms with van der Waals surface area (Å²) in [4.78, 5) is 27.2. The standard InChI is InChI=1S/C21H26ClN3O4S2/c1-21(2,3)24-31(28,29)18-12-14(10-11-15(18)22)20(27)25(4)13-19(26)23-16-8-6-7-9-17(16)30-5/h6-12,24H,13H2,1-5H3,(H,23,26). The van der Waals surface area contributed by atoms with Gasteiger partial charge in [-0.05, 0) is 57.4 Å². The van der Waals surface area contributed by atoms with Crippen LogP contribution in [0.15, 0.2) is 52.3 Å². The fourth-order valence-electron chi connectivity index (χ4n) is 2.75. The van der Waals surface area contributed by atoms with E-state index in [1.165, 1.54) is 41.9 Å². The van der Waals surface area contributed by atoms with Gasteiger partial charge in [0.25, 0.3) is 5.91 Å². The molecular formula is C21H26ClN3O4S2. The monoisotopic (exact) mass is 483 g/mol. The lowest BCUT2D eigenvalue weighted by Crippen LogP contribution is -2.40. The van der Waals surface area contributed by atoms with Gasteiger partial charge < -0.3 is 10.2 Å². The fourth-order valence-corrected chi connectivity index (χ4v) is 5.24. The topological polar surface area (TPSA) is 95.6 Å². The number of hydrogen-bond donors (Lipinski definition) is 2. The summed E-state index contributed by atoms with van der Waals surface area (Å²) in [5.41, 5.74) is 0.0527. The van der Waals surface area contributed by atoms with Gasteiger partial charge in [0.05, 0.1) is 17.3 Å². The number of thioether (sulfide) groups is 1. The Labute approximate surface area is 192 Å². The van der Waals surface area contributed by atoms with Crippen LogP contribution in [0, 0.1) is 0 Å². The van der Waals surface area contributed by atoms with Crippen LogP contribution in [-0.2, 0) is 14.8 Å². The summed E-state index contributed by atoms with van der Waals surface area (Å²) >= 11 is 7.58. The van der Waals surface area contributed by atoms with E-state index in [-0.39, 0.29) is 27.9 Å². The first-order valence-corrected chi connectivity index (χ1v) is 12.4. The van der Waals surface area contributed by atoms with E-state index >= 15 is 0 Å². The van der Waals surface area contributed by atoms with E-state index in [0.717, 1.165) is 4.90 Å². The number of sulfonamides is 1. The Kier molecular flexibility index (Phi) is 8.15. The molecule has 2 rings (SSSR count). The van der Waals surface area contributed by atoms with Crippen molar-refractivity contribution in [3.63, 3.8) is 0 Å². The van der Waals surface area contributed by atoms with E-state index in [0.29, 0.717) is 5.69 Å². The van der Waals surface area contributed by atoms with Gasteiger partial charge in [-0.15, -0.1) is 11.8 Å². The molecule has 0 unspecified atom stereocenters. The lowest BCUT2D eigenvalue weighted by atomic mass is 10.1. The van der Waals surface area contributed by atoms with E-state index in [9.17, 15) is 18.0 Å². The Bertz CT molecular complexity index is 1080. The van der Waals surface area contributed by atoms with Crippen LogP contribution in [0.3, 0.4) is 0 Å². The quantitative estimate of drug-likeness (QED) is 0.583. The van der Waals surface area contributed by atoms with Crippen LogP contribution in [-0.4, -0.2) is 50.5 Å². The molecule has 0 heterocycles. The van der Waals surface area contributed by atoms with Crippen molar-refractivity contribution >= 4 is 50.9 Å². The molecule has 0 radical (unpaired) electrons. The zero-order valence-corrected chi connectivity index (χ0v) is 20.4. The van der Waals surface area contributed by atoms with Crippen LogP contribution in [0.25, 0.3) is 0 Å². The Balaban J connectivity index is 2.18. The summed E-state index contributed by atoms with van der Waals surface area (Å²) in [6.07, 6.45) is 1.90. The molecule has 10 heteroatoms. The van der Waals surface area contributed by atoms with Crippen molar-refractivity contribution in [3.8, 4) is 0 Å². The van der Waals surface area contributed by atoms with Gasteiger partial charge in [0.2, 0.25) is 15.9 Å². The second kappa shape index (κ2) is 10.0. The van der Waals surface area contributed by atoms with Crippen molar-refractivity contribution in [2.24, 2.45) is 0 Å². The normalized spacial score (nSPS) is 11.8. The number of likely N-dealkylation sites (N-methyl/N-ethyl adjacent to an activating group) is 1. The second-order valence-corrected chi connectivity index (χ2v) is 10.8. The van der Waals surface area contributed by atoms with Gasteiger partial charge in [-0.1, -0.05) is 23.7 Å². The number of anilines is 1. The van der Waals surface area contributed by atoms with E-state index in [4.69, 9.17) is 11.6 Å². The first kappa shape index (κ1) is 25.2. The van der Waals surface area contributed by atoms with E-state index in [1.54, 1.807) is 26.8 Å². The molecule has 7 nitrogen and oxygen atoms in total. The molecular weight excluding hydrogens is 458 g/mol. The predicted molar refractivity (Wildman–Crippen MR) is 125 cm³/mol. The lowest BCUT2D eigenvalue weighted by molar-refractivity contribution is -0.116. The molecule has 0 saturated carbocycles. The molecule has 2 aromatic carbocycles. The number of carbonyl (C=O) groups excluding carboxylic acids is 2. The highest BCUT2D eigenvalue weighted by atomic mass is 35.5. The Morgan fingerprint density at radius 3 is 2.39 bits per heavy atom. The highest BCUT2D eigenvalue weighted by molar-refractivity contribution is 7.98. The number of nitrogens with zero attached hydrogens (tertiary/aromatic N) is 1. The molecule has 31 heavy (non-hydrogen) atoms. The molecule has 0 aromatic heterocycles. The van der Waals surface area contributed by atoms with Crippen molar-refractivity contribution < 1.29 is 18.0 Å².